The minimum Gasteiger partial charge on any atom is -0.350 e. The van der Waals surface area contributed by atoms with E-state index in [4.69, 9.17) is 4.52 Å². The largest absolute Gasteiger partial charge is 0.350 e. The van der Waals surface area contributed by atoms with E-state index >= 15 is 0 Å². The molecule has 0 bridgehead atoms. The highest BCUT2D eigenvalue weighted by Crippen LogP contribution is 2.24. The molecule has 0 spiro atoms. The first kappa shape index (κ1) is 20.4. The van der Waals surface area contributed by atoms with Gasteiger partial charge in [0.1, 0.15) is 6.54 Å². The van der Waals surface area contributed by atoms with Crippen molar-refractivity contribution >= 4 is 11.6 Å². The van der Waals surface area contributed by atoms with E-state index in [1.807, 2.05) is 61.5 Å². The highest BCUT2D eigenvalue weighted by atomic mass is 16.5. The third kappa shape index (κ3) is 4.16. The number of hydrogen-bond donors (Lipinski definition) is 1. The molecule has 1 amide bonds. The fourth-order valence-corrected chi connectivity index (χ4v) is 3.44. The molecular weight excluding hydrogens is 420 g/mol. The number of fused-ring (bicyclic) bond motifs is 1. The molecule has 3 aromatic heterocycles. The molecule has 0 unspecified atom stereocenters. The number of rotatable bonds is 6. The van der Waals surface area contributed by atoms with Gasteiger partial charge in [-0.1, -0.05) is 65.3 Å². The van der Waals surface area contributed by atoms with Crippen molar-refractivity contribution in [2.45, 2.75) is 20.0 Å². The van der Waals surface area contributed by atoms with Gasteiger partial charge in [-0.05, 0) is 24.6 Å². The van der Waals surface area contributed by atoms with Gasteiger partial charge in [-0.2, -0.15) is 4.98 Å². The fraction of sp³-hybridized carbons (Fsp3) is 0.125. The smallest absolute Gasteiger partial charge is 0.350 e. The number of carbonyl (C=O) groups excluding carboxylic acids is 1. The maximum atomic E-state index is 12.8. The van der Waals surface area contributed by atoms with Crippen LogP contribution in [0.1, 0.15) is 11.1 Å². The Morgan fingerprint density at radius 2 is 1.82 bits per heavy atom. The number of aryl methyl sites for hydroxylation is 1. The molecule has 164 valence electrons. The van der Waals surface area contributed by atoms with Gasteiger partial charge < -0.3 is 9.84 Å². The number of pyridine rings is 1. The highest BCUT2D eigenvalue weighted by Gasteiger charge is 2.18. The molecule has 0 aliphatic carbocycles. The van der Waals surface area contributed by atoms with E-state index in [1.54, 1.807) is 18.3 Å². The predicted octanol–water partition coefficient (Wildman–Crippen LogP) is 2.84. The van der Waals surface area contributed by atoms with Crippen molar-refractivity contribution < 1.29 is 9.32 Å². The minimum atomic E-state index is -0.430. The van der Waals surface area contributed by atoms with Crippen LogP contribution < -0.4 is 11.0 Å². The van der Waals surface area contributed by atoms with Crippen LogP contribution in [-0.2, 0) is 17.9 Å². The molecule has 5 rings (SSSR count). The molecule has 9 nitrogen and oxygen atoms in total. The summed E-state index contributed by atoms with van der Waals surface area (Å²) >= 11 is 0. The minimum absolute atomic E-state index is 0.203. The number of amides is 1. The van der Waals surface area contributed by atoms with Crippen LogP contribution in [0.3, 0.4) is 0 Å². The van der Waals surface area contributed by atoms with Crippen molar-refractivity contribution in [1.29, 1.82) is 0 Å². The molecule has 0 saturated carbocycles. The van der Waals surface area contributed by atoms with Gasteiger partial charge in [-0.3, -0.25) is 4.79 Å². The molecule has 0 aliphatic heterocycles. The van der Waals surface area contributed by atoms with Crippen molar-refractivity contribution in [2.75, 3.05) is 0 Å². The summed E-state index contributed by atoms with van der Waals surface area (Å²) in [4.78, 5) is 29.7. The molecule has 0 aliphatic rings. The van der Waals surface area contributed by atoms with Crippen LogP contribution in [-0.4, -0.2) is 30.2 Å². The maximum absolute atomic E-state index is 12.8. The first-order chi connectivity index (χ1) is 16.1. The molecule has 33 heavy (non-hydrogen) atoms. The Bertz CT molecular complexity index is 1480. The zero-order valence-electron chi connectivity index (χ0n) is 17.8. The predicted molar refractivity (Wildman–Crippen MR) is 121 cm³/mol. The Balaban J connectivity index is 1.39. The Kier molecular flexibility index (Phi) is 5.27. The molecule has 0 atom stereocenters. The van der Waals surface area contributed by atoms with E-state index < -0.39 is 5.69 Å². The van der Waals surface area contributed by atoms with Crippen LogP contribution in [0.4, 0.5) is 0 Å². The Labute approximate surface area is 188 Å². The molecule has 0 saturated heterocycles. The van der Waals surface area contributed by atoms with Crippen molar-refractivity contribution in [2.24, 2.45) is 0 Å². The van der Waals surface area contributed by atoms with Gasteiger partial charge in [-0.15, -0.1) is 5.10 Å². The molecule has 0 radical (unpaired) electrons. The molecule has 0 fully saturated rings. The van der Waals surface area contributed by atoms with Gasteiger partial charge in [0, 0.05) is 18.3 Å². The molecule has 9 heteroatoms. The average molecular weight is 440 g/mol. The second-order valence-electron chi connectivity index (χ2n) is 7.61. The quantitative estimate of drug-likeness (QED) is 0.435. The third-order valence-electron chi connectivity index (χ3n) is 5.20. The summed E-state index contributed by atoms with van der Waals surface area (Å²) in [5.41, 5.74) is 3.34. The molecule has 5 aromatic rings. The van der Waals surface area contributed by atoms with Crippen LogP contribution in [0.5, 0.6) is 0 Å². The molecule has 1 N–H and O–H groups in total. The van der Waals surface area contributed by atoms with Gasteiger partial charge in [0.25, 0.3) is 5.89 Å². The van der Waals surface area contributed by atoms with E-state index in [0.717, 1.165) is 21.4 Å². The van der Waals surface area contributed by atoms with E-state index in [1.165, 1.54) is 4.40 Å². The first-order valence-electron chi connectivity index (χ1n) is 10.4. The summed E-state index contributed by atoms with van der Waals surface area (Å²) in [5.74, 6) is 0.358. The Morgan fingerprint density at radius 3 is 2.61 bits per heavy atom. The van der Waals surface area contributed by atoms with Crippen molar-refractivity contribution in [1.82, 2.24) is 29.6 Å². The van der Waals surface area contributed by atoms with Gasteiger partial charge >= 0.3 is 5.69 Å². The van der Waals surface area contributed by atoms with Crippen LogP contribution in [0.25, 0.3) is 28.5 Å². The number of nitrogens with zero attached hydrogens (tertiary/aromatic N) is 5. The van der Waals surface area contributed by atoms with E-state index in [-0.39, 0.29) is 18.3 Å². The zero-order valence-corrected chi connectivity index (χ0v) is 17.8. The number of aromatic nitrogens is 5. The topological polar surface area (TPSA) is 107 Å². The normalized spacial score (nSPS) is 11.1. The van der Waals surface area contributed by atoms with Crippen molar-refractivity contribution in [3.63, 3.8) is 0 Å². The van der Waals surface area contributed by atoms with E-state index in [9.17, 15) is 9.59 Å². The van der Waals surface area contributed by atoms with Gasteiger partial charge in [0.05, 0.1) is 5.56 Å². The number of carbonyl (C=O) groups is 1. The lowest BCUT2D eigenvalue weighted by atomic mass is 10.1. The summed E-state index contributed by atoms with van der Waals surface area (Å²) in [6, 6.07) is 20.7. The fourth-order valence-electron chi connectivity index (χ4n) is 3.44. The monoisotopic (exact) mass is 440 g/mol. The lowest BCUT2D eigenvalue weighted by Crippen LogP contribution is -2.32. The molecular formula is C24H20N6O3. The Morgan fingerprint density at radius 1 is 1.03 bits per heavy atom. The van der Waals surface area contributed by atoms with E-state index in [2.05, 4.69) is 20.6 Å². The van der Waals surface area contributed by atoms with Crippen LogP contribution >= 0.6 is 0 Å². The van der Waals surface area contributed by atoms with Crippen molar-refractivity contribution in [3.8, 4) is 22.8 Å². The van der Waals surface area contributed by atoms with Crippen LogP contribution in [0.2, 0.25) is 0 Å². The number of nitrogens with one attached hydrogen (secondary N) is 1. The lowest BCUT2D eigenvalue weighted by molar-refractivity contribution is -0.122. The third-order valence-corrected chi connectivity index (χ3v) is 5.20. The standard InChI is InChI=1S/C24H20N6O3/c1-16-9-11-17(12-10-16)14-25-20(31)15-30-24(32)29-13-5-8-19(22(29)27-30)23-26-21(28-33-23)18-6-3-2-4-7-18/h2-13H,14-15H2,1H3,(H,25,31). The zero-order chi connectivity index (χ0) is 22.8. The maximum Gasteiger partial charge on any atom is 0.350 e. The first-order valence-corrected chi connectivity index (χ1v) is 10.4. The van der Waals surface area contributed by atoms with E-state index in [0.29, 0.717) is 23.6 Å². The average Bonchev–Trinajstić information content (AvgIpc) is 3.45. The summed E-state index contributed by atoms with van der Waals surface area (Å²) < 4.78 is 7.91. The highest BCUT2D eigenvalue weighted by molar-refractivity contribution is 5.76. The van der Waals surface area contributed by atoms with Gasteiger partial charge in [0.15, 0.2) is 5.65 Å². The number of benzene rings is 2. The lowest BCUT2D eigenvalue weighted by Gasteiger charge is -2.05. The Hall–Kier alpha value is -4.53. The summed E-state index contributed by atoms with van der Waals surface area (Å²) in [5, 5.41) is 11.2. The summed E-state index contributed by atoms with van der Waals surface area (Å²) in [7, 11) is 0. The molecule has 2 aromatic carbocycles. The SMILES string of the molecule is Cc1ccc(CNC(=O)Cn2nc3c(-c4nc(-c5ccccc5)no4)cccn3c2=O)cc1. The second-order valence-corrected chi connectivity index (χ2v) is 7.61. The van der Waals surface area contributed by atoms with Crippen LogP contribution in [0, 0.1) is 6.92 Å². The van der Waals surface area contributed by atoms with Gasteiger partial charge in [0.2, 0.25) is 11.7 Å². The number of hydrogen-bond acceptors (Lipinski definition) is 6. The summed E-state index contributed by atoms with van der Waals surface area (Å²) in [6.45, 7) is 2.17. The molecule has 3 heterocycles. The second kappa shape index (κ2) is 8.54. The summed E-state index contributed by atoms with van der Waals surface area (Å²) in [6.07, 6.45) is 1.59. The van der Waals surface area contributed by atoms with Crippen LogP contribution in [0.15, 0.2) is 82.2 Å². The van der Waals surface area contributed by atoms with Crippen molar-refractivity contribution in [3.05, 3.63) is 94.5 Å². The van der Waals surface area contributed by atoms with Gasteiger partial charge in [-0.25, -0.2) is 13.9 Å².